The highest BCUT2D eigenvalue weighted by molar-refractivity contribution is 5.85. The van der Waals surface area contributed by atoms with Gasteiger partial charge < -0.3 is 5.73 Å². The molecule has 1 aliphatic heterocycles. The molecule has 134 valence electrons. The molecule has 0 spiro atoms. The Morgan fingerprint density at radius 1 is 1.04 bits per heavy atom. The van der Waals surface area contributed by atoms with Crippen molar-refractivity contribution >= 4 is 16.9 Å². The number of benzene rings is 1. The number of likely N-dealkylation sites (tertiary alicyclic amines) is 1. The van der Waals surface area contributed by atoms with Crippen LogP contribution in [0.4, 0.5) is 5.82 Å². The molecule has 0 saturated carbocycles. The van der Waals surface area contributed by atoms with Crippen LogP contribution in [0.25, 0.3) is 22.4 Å². The van der Waals surface area contributed by atoms with E-state index in [0.29, 0.717) is 29.9 Å². The number of hydrogen-bond donors (Lipinski definition) is 2. The van der Waals surface area contributed by atoms with Crippen LogP contribution in [0.3, 0.4) is 0 Å². The molecular formula is C20H24N6. The Kier molecular flexibility index (Phi) is 4.77. The maximum Gasteiger partial charge on any atom is 0.162 e. The number of fused-ring (bicyclic) bond motifs is 1. The molecule has 1 unspecified atom stereocenters. The molecule has 3 N–H and O–H groups in total. The van der Waals surface area contributed by atoms with Crippen molar-refractivity contribution in [1.82, 2.24) is 25.2 Å². The van der Waals surface area contributed by atoms with Crippen LogP contribution in [0.1, 0.15) is 25.5 Å². The number of anilines is 1. The van der Waals surface area contributed by atoms with E-state index in [2.05, 4.69) is 32.1 Å². The molecule has 6 heteroatoms. The summed E-state index contributed by atoms with van der Waals surface area (Å²) in [5, 5.41) is 3.54. The monoisotopic (exact) mass is 348 g/mol. The number of aromatic nitrogens is 3. The van der Waals surface area contributed by atoms with Crippen LogP contribution < -0.4 is 11.1 Å². The van der Waals surface area contributed by atoms with Gasteiger partial charge in [0, 0.05) is 12.1 Å². The molecule has 0 aliphatic carbocycles. The first kappa shape index (κ1) is 16.9. The maximum atomic E-state index is 6.18. The minimum atomic E-state index is 0.351. The molecule has 0 amide bonds. The smallest absolute Gasteiger partial charge is 0.162 e. The number of nitrogen functional groups attached to an aromatic ring is 1. The summed E-state index contributed by atoms with van der Waals surface area (Å²) in [5.74, 6) is 1.05. The second kappa shape index (κ2) is 7.35. The highest BCUT2D eigenvalue weighted by Crippen LogP contribution is 2.22. The summed E-state index contributed by atoms with van der Waals surface area (Å²) in [6.07, 6.45) is 2.93. The molecule has 0 bridgehead atoms. The summed E-state index contributed by atoms with van der Waals surface area (Å²) in [5.41, 5.74) is 9.51. The first-order valence-corrected chi connectivity index (χ1v) is 9.17. The van der Waals surface area contributed by atoms with Crippen molar-refractivity contribution in [3.05, 3.63) is 48.2 Å². The molecule has 1 saturated heterocycles. The second-order valence-electron chi connectivity index (χ2n) is 6.77. The van der Waals surface area contributed by atoms with Crippen LogP contribution in [0.5, 0.6) is 0 Å². The SMILES string of the molecule is CC(NCc1ccc2nc(-c3ccccc3)nc(N)c2n1)N1CCCC1. The fraction of sp³-hybridized carbons (Fsp3) is 0.350. The molecule has 26 heavy (non-hydrogen) atoms. The summed E-state index contributed by atoms with van der Waals surface area (Å²) in [6, 6.07) is 13.8. The Bertz CT molecular complexity index is 889. The Morgan fingerprint density at radius 3 is 2.58 bits per heavy atom. The maximum absolute atomic E-state index is 6.18. The summed E-state index contributed by atoms with van der Waals surface area (Å²) in [7, 11) is 0. The van der Waals surface area contributed by atoms with E-state index in [1.165, 1.54) is 25.9 Å². The molecular weight excluding hydrogens is 324 g/mol. The van der Waals surface area contributed by atoms with Gasteiger partial charge in [-0.25, -0.2) is 15.0 Å². The van der Waals surface area contributed by atoms with Gasteiger partial charge in [0.2, 0.25) is 0 Å². The van der Waals surface area contributed by atoms with E-state index in [0.717, 1.165) is 16.8 Å². The van der Waals surface area contributed by atoms with Crippen LogP contribution in [0, 0.1) is 0 Å². The van der Waals surface area contributed by atoms with Gasteiger partial charge in [-0.2, -0.15) is 0 Å². The molecule has 4 rings (SSSR count). The first-order chi connectivity index (χ1) is 12.7. The Labute approximate surface area is 153 Å². The molecule has 0 radical (unpaired) electrons. The predicted molar refractivity (Wildman–Crippen MR) is 104 cm³/mol. The van der Waals surface area contributed by atoms with E-state index in [1.807, 2.05) is 42.5 Å². The third-order valence-corrected chi connectivity index (χ3v) is 4.93. The van der Waals surface area contributed by atoms with Crippen molar-refractivity contribution in [2.45, 2.75) is 32.5 Å². The lowest BCUT2D eigenvalue weighted by molar-refractivity contribution is 0.218. The van der Waals surface area contributed by atoms with Gasteiger partial charge in [-0.3, -0.25) is 10.2 Å². The number of hydrogen-bond acceptors (Lipinski definition) is 6. The normalized spacial score (nSPS) is 16.2. The number of nitrogens with two attached hydrogens (primary N) is 1. The van der Waals surface area contributed by atoms with Crippen molar-refractivity contribution in [2.24, 2.45) is 0 Å². The minimum Gasteiger partial charge on any atom is -0.382 e. The lowest BCUT2D eigenvalue weighted by Gasteiger charge is -2.24. The quantitative estimate of drug-likeness (QED) is 0.738. The minimum absolute atomic E-state index is 0.351. The van der Waals surface area contributed by atoms with E-state index < -0.39 is 0 Å². The number of nitrogens with zero attached hydrogens (tertiary/aromatic N) is 4. The van der Waals surface area contributed by atoms with Gasteiger partial charge in [0.25, 0.3) is 0 Å². The van der Waals surface area contributed by atoms with Gasteiger partial charge in [-0.15, -0.1) is 0 Å². The van der Waals surface area contributed by atoms with E-state index in [9.17, 15) is 0 Å². The fourth-order valence-corrected chi connectivity index (χ4v) is 3.40. The standard InChI is InChI=1S/C20H24N6/c1-14(26-11-5-6-12-26)22-13-16-9-10-17-18(23-16)19(21)25-20(24-17)15-7-3-2-4-8-15/h2-4,7-10,14,22H,5-6,11-13H2,1H3,(H2,21,24,25). The summed E-state index contributed by atoms with van der Waals surface area (Å²) >= 11 is 0. The topological polar surface area (TPSA) is 80.0 Å². The van der Waals surface area contributed by atoms with Crippen molar-refractivity contribution in [1.29, 1.82) is 0 Å². The van der Waals surface area contributed by atoms with Crippen molar-refractivity contribution < 1.29 is 0 Å². The molecule has 3 aromatic rings. The second-order valence-corrected chi connectivity index (χ2v) is 6.77. The molecule has 1 fully saturated rings. The van der Waals surface area contributed by atoms with E-state index in [-0.39, 0.29) is 0 Å². The Balaban J connectivity index is 1.54. The highest BCUT2D eigenvalue weighted by Gasteiger charge is 2.17. The van der Waals surface area contributed by atoms with E-state index in [1.54, 1.807) is 0 Å². The van der Waals surface area contributed by atoms with Gasteiger partial charge in [-0.1, -0.05) is 30.3 Å². The predicted octanol–water partition coefficient (Wildman–Crippen LogP) is 2.81. The van der Waals surface area contributed by atoms with Gasteiger partial charge in [0.15, 0.2) is 11.6 Å². The van der Waals surface area contributed by atoms with Gasteiger partial charge >= 0.3 is 0 Å². The zero-order valence-corrected chi connectivity index (χ0v) is 15.0. The third-order valence-electron chi connectivity index (χ3n) is 4.93. The molecule has 1 atom stereocenters. The number of rotatable bonds is 5. The van der Waals surface area contributed by atoms with E-state index >= 15 is 0 Å². The Hall–Kier alpha value is -2.57. The Morgan fingerprint density at radius 2 is 1.81 bits per heavy atom. The number of pyridine rings is 1. The lowest BCUT2D eigenvalue weighted by Crippen LogP contribution is -2.41. The van der Waals surface area contributed by atoms with Crippen LogP contribution in [0.15, 0.2) is 42.5 Å². The zero-order chi connectivity index (χ0) is 17.9. The molecule has 3 heterocycles. The molecule has 1 aromatic carbocycles. The van der Waals surface area contributed by atoms with Crippen LogP contribution in [0.2, 0.25) is 0 Å². The van der Waals surface area contributed by atoms with Crippen molar-refractivity contribution in [2.75, 3.05) is 18.8 Å². The van der Waals surface area contributed by atoms with Gasteiger partial charge in [0.05, 0.1) is 17.4 Å². The van der Waals surface area contributed by atoms with E-state index in [4.69, 9.17) is 5.73 Å². The van der Waals surface area contributed by atoms with Gasteiger partial charge in [-0.05, 0) is 45.0 Å². The van der Waals surface area contributed by atoms with Crippen molar-refractivity contribution in [3.8, 4) is 11.4 Å². The average molecular weight is 348 g/mol. The summed E-state index contributed by atoms with van der Waals surface area (Å²) in [6.45, 7) is 5.24. The third kappa shape index (κ3) is 3.52. The largest absolute Gasteiger partial charge is 0.382 e. The van der Waals surface area contributed by atoms with Crippen molar-refractivity contribution in [3.63, 3.8) is 0 Å². The van der Waals surface area contributed by atoms with Crippen LogP contribution in [-0.2, 0) is 6.54 Å². The zero-order valence-electron chi connectivity index (χ0n) is 15.0. The average Bonchev–Trinajstić information content (AvgIpc) is 3.22. The molecule has 6 nitrogen and oxygen atoms in total. The number of nitrogens with one attached hydrogen (secondary N) is 1. The lowest BCUT2D eigenvalue weighted by atomic mass is 10.2. The summed E-state index contributed by atoms with van der Waals surface area (Å²) in [4.78, 5) is 16.2. The van der Waals surface area contributed by atoms with Crippen LogP contribution >= 0.6 is 0 Å². The van der Waals surface area contributed by atoms with Crippen LogP contribution in [-0.4, -0.2) is 39.1 Å². The highest BCUT2D eigenvalue weighted by atomic mass is 15.3. The fourth-order valence-electron chi connectivity index (χ4n) is 3.40. The molecule has 2 aromatic heterocycles. The first-order valence-electron chi connectivity index (χ1n) is 9.17. The summed E-state index contributed by atoms with van der Waals surface area (Å²) < 4.78 is 0. The van der Waals surface area contributed by atoms with Gasteiger partial charge in [0.1, 0.15) is 5.52 Å². The molecule has 1 aliphatic rings.